The van der Waals surface area contributed by atoms with Crippen LogP contribution in [0.15, 0.2) is 21.9 Å². The lowest BCUT2D eigenvalue weighted by Crippen LogP contribution is -2.11. The molecule has 72 valence electrons. The van der Waals surface area contributed by atoms with Crippen molar-refractivity contribution in [2.75, 3.05) is 6.61 Å². The molecule has 13 heavy (non-hydrogen) atoms. The monoisotopic (exact) mass is 183 g/mol. The van der Waals surface area contributed by atoms with E-state index in [0.29, 0.717) is 0 Å². The Hall–Kier alpha value is -1.65. The minimum Gasteiger partial charge on any atom is -0.461 e. The van der Waals surface area contributed by atoms with Crippen LogP contribution in [0.25, 0.3) is 0 Å². The Bertz CT molecular complexity index is 252. The maximum atomic E-state index is 11.1. The van der Waals surface area contributed by atoms with Crippen molar-refractivity contribution >= 4 is 18.5 Å². The van der Waals surface area contributed by atoms with Gasteiger partial charge >= 0.3 is 5.97 Å². The highest BCUT2D eigenvalue weighted by atomic mass is 16.5. The molecule has 0 aliphatic rings. The quantitative estimate of drug-likeness (QED) is 0.298. The zero-order chi connectivity index (χ0) is 10.3. The van der Waals surface area contributed by atoms with Gasteiger partial charge in [0.05, 0.1) is 18.6 Å². The summed E-state index contributed by atoms with van der Waals surface area (Å²) in [6.45, 7) is 6.76. The number of nitrogens with two attached hydrogens (primary N) is 1. The molecule has 0 aliphatic carbocycles. The van der Waals surface area contributed by atoms with Crippen LogP contribution in [0.5, 0.6) is 0 Å². The van der Waals surface area contributed by atoms with Crippen molar-refractivity contribution in [1.82, 2.24) is 0 Å². The smallest absolute Gasteiger partial charge is 0.358 e. The number of aliphatic imine (C=N–C) groups is 2. The van der Waals surface area contributed by atoms with Crippen LogP contribution in [-0.2, 0) is 9.53 Å². The van der Waals surface area contributed by atoms with Gasteiger partial charge in [0.15, 0.2) is 5.70 Å². The van der Waals surface area contributed by atoms with Crippen molar-refractivity contribution in [3.63, 3.8) is 0 Å². The molecule has 0 saturated heterocycles. The normalized spacial score (nSPS) is 12.5. The van der Waals surface area contributed by atoms with Crippen molar-refractivity contribution in [3.05, 3.63) is 11.9 Å². The molecule has 0 aliphatic heterocycles. The number of nitrogens with zero attached hydrogens (tertiary/aromatic N) is 2. The highest BCUT2D eigenvalue weighted by Gasteiger charge is 2.08. The zero-order valence-corrected chi connectivity index (χ0v) is 7.78. The largest absolute Gasteiger partial charge is 0.461 e. The molecule has 0 aromatic carbocycles. The van der Waals surface area contributed by atoms with Crippen LogP contribution in [0.4, 0.5) is 0 Å². The lowest BCUT2D eigenvalue weighted by Gasteiger charge is -2.00. The van der Waals surface area contributed by atoms with Gasteiger partial charge in [-0.1, -0.05) is 0 Å². The molecule has 2 N–H and O–H groups in total. The van der Waals surface area contributed by atoms with Gasteiger partial charge in [-0.15, -0.1) is 0 Å². The van der Waals surface area contributed by atoms with Crippen molar-refractivity contribution in [1.29, 1.82) is 0 Å². The number of carbonyl (C=O) groups excluding carboxylic acids is 1. The van der Waals surface area contributed by atoms with Gasteiger partial charge in [0.25, 0.3) is 0 Å². The maximum absolute atomic E-state index is 11.1. The molecule has 0 amide bonds. The molecule has 0 rings (SSSR count). The summed E-state index contributed by atoms with van der Waals surface area (Å²) >= 11 is 0. The van der Waals surface area contributed by atoms with Crippen molar-refractivity contribution < 1.29 is 9.53 Å². The Morgan fingerprint density at radius 3 is 2.69 bits per heavy atom. The van der Waals surface area contributed by atoms with Crippen LogP contribution in [0.3, 0.4) is 0 Å². The summed E-state index contributed by atoms with van der Waals surface area (Å²) in [5.41, 5.74) is 5.35. The summed E-state index contributed by atoms with van der Waals surface area (Å²) in [6.07, 6.45) is 1.20. The molecule has 0 spiro atoms. The number of amidine groups is 1. The molecule has 5 nitrogen and oxygen atoms in total. The van der Waals surface area contributed by atoms with Crippen LogP contribution in [0.2, 0.25) is 0 Å². The second-order valence-electron chi connectivity index (χ2n) is 2.17. The van der Waals surface area contributed by atoms with Crippen LogP contribution in [-0.4, -0.2) is 25.1 Å². The number of esters is 1. The van der Waals surface area contributed by atoms with E-state index >= 15 is 0 Å². The maximum Gasteiger partial charge on any atom is 0.358 e. The molecule has 0 fully saturated rings. The molecule has 0 atom stereocenters. The fourth-order valence-electron chi connectivity index (χ4n) is 0.609. The van der Waals surface area contributed by atoms with E-state index in [1.807, 2.05) is 0 Å². The van der Waals surface area contributed by atoms with E-state index in [1.165, 1.54) is 6.20 Å². The number of ether oxygens (including phenoxy) is 1. The fourth-order valence-corrected chi connectivity index (χ4v) is 0.609. The highest BCUT2D eigenvalue weighted by molar-refractivity contribution is 5.92. The molecule has 0 heterocycles. The van der Waals surface area contributed by atoms with Crippen molar-refractivity contribution in [3.8, 4) is 0 Å². The van der Waals surface area contributed by atoms with Gasteiger partial charge in [0.1, 0.15) is 0 Å². The lowest BCUT2D eigenvalue weighted by atomic mass is 10.5. The summed E-state index contributed by atoms with van der Waals surface area (Å²) < 4.78 is 4.70. The SMILES string of the molecule is C=N/C=C(\N=C(/C)N)C(=O)OCC. The van der Waals surface area contributed by atoms with E-state index in [1.54, 1.807) is 13.8 Å². The number of hydrogen-bond donors (Lipinski definition) is 1. The highest BCUT2D eigenvalue weighted by Crippen LogP contribution is 2.00. The molecule has 0 radical (unpaired) electrons. The third-order valence-electron chi connectivity index (χ3n) is 0.995. The Morgan fingerprint density at radius 1 is 1.69 bits per heavy atom. The average molecular weight is 183 g/mol. The first-order valence-electron chi connectivity index (χ1n) is 3.75. The summed E-state index contributed by atoms with van der Waals surface area (Å²) in [4.78, 5) is 18.3. The molecular formula is C8H13N3O2. The van der Waals surface area contributed by atoms with Gasteiger partial charge in [0.2, 0.25) is 0 Å². The van der Waals surface area contributed by atoms with Crippen LogP contribution >= 0.6 is 0 Å². The predicted octanol–water partition coefficient (Wildman–Crippen LogP) is 0.469. The molecule has 5 heteroatoms. The lowest BCUT2D eigenvalue weighted by molar-refractivity contribution is -0.138. The van der Waals surface area contributed by atoms with Gasteiger partial charge in [-0.25, -0.2) is 9.79 Å². The first-order valence-corrected chi connectivity index (χ1v) is 3.75. The number of hydrogen-bond acceptors (Lipinski definition) is 4. The van der Waals surface area contributed by atoms with Crippen LogP contribution < -0.4 is 5.73 Å². The third-order valence-corrected chi connectivity index (χ3v) is 0.995. The van der Waals surface area contributed by atoms with E-state index in [-0.39, 0.29) is 18.1 Å². The topological polar surface area (TPSA) is 77.0 Å². The molecule has 0 aromatic heterocycles. The molecule has 0 bridgehead atoms. The van der Waals surface area contributed by atoms with E-state index in [0.717, 1.165) is 0 Å². The Balaban J connectivity index is 4.62. The Labute approximate surface area is 77.0 Å². The van der Waals surface area contributed by atoms with Crippen molar-refractivity contribution in [2.24, 2.45) is 15.7 Å². The average Bonchev–Trinajstić information content (AvgIpc) is 2.03. The standard InChI is InChI=1S/C8H13N3O2/c1-4-13-8(12)7(5-10-3)11-6(2)9/h5H,3-4H2,1-2H3,(H2,9,11)/b7-5-. The number of rotatable bonds is 4. The zero-order valence-electron chi connectivity index (χ0n) is 7.78. The van der Waals surface area contributed by atoms with E-state index < -0.39 is 5.97 Å². The predicted molar refractivity (Wildman–Crippen MR) is 51.6 cm³/mol. The third kappa shape index (κ3) is 4.73. The molecule has 0 aromatic rings. The summed E-state index contributed by atoms with van der Waals surface area (Å²) in [6, 6.07) is 0. The van der Waals surface area contributed by atoms with E-state index in [2.05, 4.69) is 16.7 Å². The first-order chi connectivity index (χ1) is 6.11. The second-order valence-corrected chi connectivity index (χ2v) is 2.17. The van der Waals surface area contributed by atoms with Gasteiger partial charge in [-0.2, -0.15) is 0 Å². The van der Waals surface area contributed by atoms with Gasteiger partial charge in [0, 0.05) is 0 Å². The second kappa shape index (κ2) is 5.93. The Kier molecular flexibility index (Phi) is 5.18. The van der Waals surface area contributed by atoms with Crippen LogP contribution in [0, 0.1) is 0 Å². The van der Waals surface area contributed by atoms with Gasteiger partial charge in [-0.3, -0.25) is 4.99 Å². The van der Waals surface area contributed by atoms with E-state index in [9.17, 15) is 4.79 Å². The first kappa shape index (κ1) is 11.4. The molecular weight excluding hydrogens is 170 g/mol. The van der Waals surface area contributed by atoms with Crippen LogP contribution in [0.1, 0.15) is 13.8 Å². The van der Waals surface area contributed by atoms with E-state index in [4.69, 9.17) is 10.5 Å². The van der Waals surface area contributed by atoms with Gasteiger partial charge < -0.3 is 10.5 Å². The molecule has 0 saturated carbocycles. The van der Waals surface area contributed by atoms with Crippen molar-refractivity contribution in [2.45, 2.75) is 13.8 Å². The summed E-state index contributed by atoms with van der Waals surface area (Å²) in [7, 11) is 0. The number of carbonyl (C=O) groups is 1. The molecule has 0 unspecified atom stereocenters. The summed E-state index contributed by atoms with van der Waals surface area (Å²) in [5, 5.41) is 0. The Morgan fingerprint density at radius 2 is 2.31 bits per heavy atom. The summed E-state index contributed by atoms with van der Waals surface area (Å²) in [5.74, 6) is -0.289. The minimum atomic E-state index is -0.556. The fraction of sp³-hybridized carbons (Fsp3) is 0.375. The minimum absolute atomic E-state index is 0.0526. The van der Waals surface area contributed by atoms with Gasteiger partial charge in [-0.05, 0) is 20.6 Å².